The molecule has 0 saturated carbocycles. The van der Waals surface area contributed by atoms with Crippen molar-refractivity contribution >= 4 is 34.2 Å². The number of fused-ring (bicyclic) bond motifs is 1. The number of nitrogens with one attached hydrogen (secondary N) is 1. The first-order valence-corrected chi connectivity index (χ1v) is 10.3. The van der Waals surface area contributed by atoms with Crippen molar-refractivity contribution in [2.75, 3.05) is 0 Å². The van der Waals surface area contributed by atoms with Crippen molar-refractivity contribution in [3.8, 4) is 0 Å². The Morgan fingerprint density at radius 1 is 1.21 bits per heavy atom. The topological polar surface area (TPSA) is 79.6 Å². The fourth-order valence-corrected chi connectivity index (χ4v) is 4.72. The lowest BCUT2D eigenvalue weighted by atomic mass is 9.94. The van der Waals surface area contributed by atoms with Gasteiger partial charge in [0.05, 0.1) is 6.54 Å². The Hall–Kier alpha value is -2.93. The van der Waals surface area contributed by atoms with Gasteiger partial charge < -0.3 is 9.73 Å². The van der Waals surface area contributed by atoms with E-state index in [4.69, 9.17) is 4.42 Å². The molecule has 1 atom stereocenters. The van der Waals surface area contributed by atoms with Crippen molar-refractivity contribution in [3.63, 3.8) is 0 Å². The van der Waals surface area contributed by atoms with Crippen molar-refractivity contribution in [2.24, 2.45) is 0 Å². The molecule has 6 nitrogen and oxygen atoms in total. The molecule has 1 aliphatic heterocycles. The van der Waals surface area contributed by atoms with Gasteiger partial charge in [0.2, 0.25) is 0 Å². The summed E-state index contributed by atoms with van der Waals surface area (Å²) in [6.07, 6.45) is 0. The molecule has 1 N–H and O–H groups in total. The number of amides is 3. The molecule has 0 radical (unpaired) electrons. The number of hydrogen-bond acceptors (Lipinski definition) is 5. The third kappa shape index (κ3) is 3.15. The van der Waals surface area contributed by atoms with Crippen molar-refractivity contribution in [2.45, 2.75) is 45.7 Å². The molecule has 3 heterocycles. The maximum absolute atomic E-state index is 13.1. The van der Waals surface area contributed by atoms with Crippen LogP contribution in [0, 0.1) is 6.92 Å². The van der Waals surface area contributed by atoms with E-state index >= 15 is 0 Å². The monoisotopic (exact) mass is 410 g/mol. The number of benzene rings is 1. The second-order valence-corrected chi connectivity index (χ2v) is 8.82. The number of imide groups is 1. The Morgan fingerprint density at radius 3 is 2.62 bits per heavy atom. The van der Waals surface area contributed by atoms with Gasteiger partial charge in [-0.2, -0.15) is 0 Å². The van der Waals surface area contributed by atoms with E-state index in [0.29, 0.717) is 11.1 Å². The number of aryl methyl sites for hydroxylation is 1. The molecule has 7 heteroatoms. The number of carbonyl (C=O) groups excluding carboxylic acids is 2. The summed E-state index contributed by atoms with van der Waals surface area (Å²) in [5, 5.41) is 5.41. The highest BCUT2D eigenvalue weighted by molar-refractivity contribution is 7.10. The van der Waals surface area contributed by atoms with Crippen molar-refractivity contribution in [1.29, 1.82) is 0 Å². The third-order valence-electron chi connectivity index (χ3n) is 5.46. The molecule has 4 rings (SSSR count). The zero-order chi connectivity index (χ0) is 20.9. The van der Waals surface area contributed by atoms with Crippen molar-refractivity contribution in [1.82, 2.24) is 10.2 Å². The van der Waals surface area contributed by atoms with Crippen molar-refractivity contribution < 1.29 is 14.0 Å². The molecule has 1 aromatic carbocycles. The summed E-state index contributed by atoms with van der Waals surface area (Å²) in [7, 11) is 0. The average Bonchev–Trinajstić information content (AvgIpc) is 3.25. The predicted octanol–water partition coefficient (Wildman–Crippen LogP) is 4.25. The highest BCUT2D eigenvalue weighted by Crippen LogP contribution is 2.34. The highest BCUT2D eigenvalue weighted by Gasteiger charge is 2.49. The molecule has 2 aromatic heterocycles. The predicted molar refractivity (Wildman–Crippen MR) is 112 cm³/mol. The minimum Gasteiger partial charge on any atom is -0.423 e. The first-order valence-electron chi connectivity index (χ1n) is 9.46. The summed E-state index contributed by atoms with van der Waals surface area (Å²) in [6, 6.07) is 8.41. The third-order valence-corrected chi connectivity index (χ3v) is 6.55. The zero-order valence-electron chi connectivity index (χ0n) is 16.7. The maximum atomic E-state index is 13.1. The fraction of sp³-hybridized carbons (Fsp3) is 0.318. The van der Waals surface area contributed by atoms with Gasteiger partial charge in [0, 0.05) is 16.3 Å². The molecule has 0 spiro atoms. The lowest BCUT2D eigenvalue weighted by molar-refractivity contribution is -0.131. The van der Waals surface area contributed by atoms with Crippen LogP contribution in [0.3, 0.4) is 0 Å². The minimum absolute atomic E-state index is 0.00826. The second kappa shape index (κ2) is 6.84. The second-order valence-electron chi connectivity index (χ2n) is 7.87. The summed E-state index contributed by atoms with van der Waals surface area (Å²) in [5.74, 6) is -0.0412. The van der Waals surface area contributed by atoms with Crippen LogP contribution in [0.15, 0.2) is 44.9 Å². The van der Waals surface area contributed by atoms with Gasteiger partial charge in [0.25, 0.3) is 5.91 Å². The largest absolute Gasteiger partial charge is 0.423 e. The summed E-state index contributed by atoms with van der Waals surface area (Å²) >= 11 is 1.42. The van der Waals surface area contributed by atoms with Crippen LogP contribution in [0.25, 0.3) is 11.0 Å². The van der Waals surface area contributed by atoms with Gasteiger partial charge in [-0.3, -0.25) is 9.69 Å². The van der Waals surface area contributed by atoms with Crippen LogP contribution in [-0.4, -0.2) is 16.8 Å². The molecule has 3 amide bonds. The quantitative estimate of drug-likeness (QED) is 0.515. The maximum Gasteiger partial charge on any atom is 0.336 e. The van der Waals surface area contributed by atoms with Crippen LogP contribution in [-0.2, 0) is 16.9 Å². The average molecular weight is 410 g/mol. The van der Waals surface area contributed by atoms with Crippen LogP contribution in [0.2, 0.25) is 0 Å². The Kier molecular flexibility index (Phi) is 4.58. The van der Waals surface area contributed by atoms with Gasteiger partial charge in [-0.25, -0.2) is 9.59 Å². The van der Waals surface area contributed by atoms with Gasteiger partial charge in [-0.05, 0) is 60.0 Å². The molecule has 1 saturated heterocycles. The van der Waals surface area contributed by atoms with E-state index in [0.717, 1.165) is 21.4 Å². The number of carbonyl (C=O) groups is 2. The molecular weight excluding hydrogens is 388 g/mol. The van der Waals surface area contributed by atoms with E-state index < -0.39 is 17.2 Å². The van der Waals surface area contributed by atoms with E-state index in [1.165, 1.54) is 22.3 Å². The minimum atomic E-state index is -1.10. The Balaban J connectivity index is 1.78. The molecule has 29 heavy (non-hydrogen) atoms. The number of hydrogen-bond donors (Lipinski definition) is 1. The van der Waals surface area contributed by atoms with E-state index in [1.54, 1.807) is 6.92 Å². The van der Waals surface area contributed by atoms with Gasteiger partial charge in [-0.1, -0.05) is 19.9 Å². The summed E-state index contributed by atoms with van der Waals surface area (Å²) in [4.78, 5) is 39.8. The number of thiophene rings is 1. The lowest BCUT2D eigenvalue weighted by Gasteiger charge is -2.20. The molecule has 1 unspecified atom stereocenters. The molecule has 150 valence electrons. The first-order chi connectivity index (χ1) is 13.7. The summed E-state index contributed by atoms with van der Waals surface area (Å²) in [6.45, 7) is 7.88. The Labute approximate surface area is 172 Å². The number of nitrogens with zero attached hydrogens (tertiary/aromatic N) is 1. The van der Waals surface area contributed by atoms with E-state index in [-0.39, 0.29) is 18.4 Å². The van der Waals surface area contributed by atoms with Crippen LogP contribution < -0.4 is 10.9 Å². The first kappa shape index (κ1) is 19.4. The highest BCUT2D eigenvalue weighted by atomic mass is 32.1. The zero-order valence-corrected chi connectivity index (χ0v) is 17.6. The summed E-state index contributed by atoms with van der Waals surface area (Å²) < 4.78 is 5.38. The van der Waals surface area contributed by atoms with E-state index in [1.807, 2.05) is 36.6 Å². The molecule has 0 bridgehead atoms. The van der Waals surface area contributed by atoms with Gasteiger partial charge in [0.1, 0.15) is 5.58 Å². The molecular formula is C22H22N2O4S. The van der Waals surface area contributed by atoms with Crippen LogP contribution >= 0.6 is 11.3 Å². The van der Waals surface area contributed by atoms with E-state index in [9.17, 15) is 14.4 Å². The Morgan fingerprint density at radius 2 is 1.97 bits per heavy atom. The van der Waals surface area contributed by atoms with Crippen LogP contribution in [0.5, 0.6) is 0 Å². The van der Waals surface area contributed by atoms with Gasteiger partial charge in [0.15, 0.2) is 5.54 Å². The fourth-order valence-electron chi connectivity index (χ4n) is 3.89. The number of rotatable bonds is 4. The summed E-state index contributed by atoms with van der Waals surface area (Å²) in [5.41, 5.74) is 1.62. The number of urea groups is 1. The standard InChI is InChI=1S/C22H22N2O4S/c1-12(2)15-10-16-14(9-19(25)28-17(16)8-13(15)3)11-24-20(26)22(4,23-21(24)27)18-6-5-7-29-18/h5-10,12H,11H2,1-4H3,(H,23,27). The molecule has 3 aromatic rings. The normalized spacial score (nSPS) is 19.4. The molecule has 1 aliphatic rings. The van der Waals surface area contributed by atoms with Gasteiger partial charge >= 0.3 is 11.7 Å². The molecule has 0 aliphatic carbocycles. The van der Waals surface area contributed by atoms with Crippen molar-refractivity contribution in [3.05, 3.63) is 67.7 Å². The van der Waals surface area contributed by atoms with Crippen LogP contribution in [0.1, 0.15) is 48.3 Å². The lowest BCUT2D eigenvalue weighted by Crippen LogP contribution is -2.40. The van der Waals surface area contributed by atoms with Gasteiger partial charge in [-0.15, -0.1) is 11.3 Å². The van der Waals surface area contributed by atoms with Crippen LogP contribution in [0.4, 0.5) is 4.79 Å². The molecule has 1 fully saturated rings. The van der Waals surface area contributed by atoms with E-state index in [2.05, 4.69) is 19.2 Å². The SMILES string of the molecule is Cc1cc2oc(=O)cc(CN3C(=O)NC(C)(c4cccs4)C3=O)c2cc1C(C)C. The Bertz CT molecular complexity index is 1180. The smallest absolute Gasteiger partial charge is 0.336 e.